The van der Waals surface area contributed by atoms with Gasteiger partial charge in [-0.05, 0) is 29.7 Å². The maximum atomic E-state index is 5.86. The number of fused-ring (bicyclic) bond motifs is 1. The summed E-state index contributed by atoms with van der Waals surface area (Å²) in [7, 11) is 0. The van der Waals surface area contributed by atoms with Crippen LogP contribution in [-0.2, 0) is 17.7 Å². The summed E-state index contributed by atoms with van der Waals surface area (Å²) in [4.78, 5) is 4.30. The lowest BCUT2D eigenvalue weighted by Crippen LogP contribution is -2.27. The number of ether oxygens (including phenoxy) is 1. The second-order valence-corrected chi connectivity index (χ2v) is 4.76. The van der Waals surface area contributed by atoms with Crippen LogP contribution in [-0.4, -0.2) is 18.1 Å². The largest absolute Gasteiger partial charge is 0.372 e. The molecule has 1 atom stereocenters. The minimum atomic E-state index is 0.161. The zero-order chi connectivity index (χ0) is 12.9. The van der Waals surface area contributed by atoms with Gasteiger partial charge in [-0.25, -0.2) is 0 Å². The minimum absolute atomic E-state index is 0.161. The van der Waals surface area contributed by atoms with Crippen molar-refractivity contribution in [1.82, 2.24) is 10.3 Å². The first-order valence-electron chi connectivity index (χ1n) is 6.73. The van der Waals surface area contributed by atoms with Crippen LogP contribution < -0.4 is 5.32 Å². The fraction of sp³-hybridized carbons (Fsp3) is 0.312. The topological polar surface area (TPSA) is 34.1 Å². The van der Waals surface area contributed by atoms with E-state index in [2.05, 4.69) is 34.6 Å². The van der Waals surface area contributed by atoms with E-state index in [-0.39, 0.29) is 6.10 Å². The SMILES string of the molecule is c1ccc(CNCC2OCCc3ccccc32)nc1. The van der Waals surface area contributed by atoms with E-state index in [9.17, 15) is 0 Å². The number of benzene rings is 1. The Hall–Kier alpha value is -1.71. The lowest BCUT2D eigenvalue weighted by molar-refractivity contribution is 0.0423. The molecule has 0 aliphatic carbocycles. The van der Waals surface area contributed by atoms with Gasteiger partial charge in [-0.15, -0.1) is 0 Å². The van der Waals surface area contributed by atoms with E-state index in [1.165, 1.54) is 11.1 Å². The maximum Gasteiger partial charge on any atom is 0.0952 e. The highest BCUT2D eigenvalue weighted by molar-refractivity contribution is 5.31. The molecule has 19 heavy (non-hydrogen) atoms. The molecule has 2 aromatic rings. The van der Waals surface area contributed by atoms with Gasteiger partial charge in [0.05, 0.1) is 18.4 Å². The molecule has 2 heterocycles. The Kier molecular flexibility index (Phi) is 3.86. The second-order valence-electron chi connectivity index (χ2n) is 4.76. The molecule has 0 radical (unpaired) electrons. The van der Waals surface area contributed by atoms with Crippen molar-refractivity contribution in [3.8, 4) is 0 Å². The van der Waals surface area contributed by atoms with Crippen molar-refractivity contribution >= 4 is 0 Å². The van der Waals surface area contributed by atoms with Crippen LogP contribution in [0.25, 0.3) is 0 Å². The van der Waals surface area contributed by atoms with Crippen LogP contribution >= 0.6 is 0 Å². The highest BCUT2D eigenvalue weighted by Crippen LogP contribution is 2.26. The molecule has 0 spiro atoms. The Morgan fingerprint density at radius 3 is 2.95 bits per heavy atom. The summed E-state index contributed by atoms with van der Waals surface area (Å²) in [5.74, 6) is 0. The highest BCUT2D eigenvalue weighted by Gasteiger charge is 2.19. The summed E-state index contributed by atoms with van der Waals surface area (Å²) in [5, 5.41) is 3.42. The Labute approximate surface area is 113 Å². The zero-order valence-corrected chi connectivity index (χ0v) is 10.9. The Balaban J connectivity index is 1.59. The fourth-order valence-corrected chi connectivity index (χ4v) is 2.48. The smallest absolute Gasteiger partial charge is 0.0952 e. The third kappa shape index (κ3) is 3.00. The molecule has 0 amide bonds. The Morgan fingerprint density at radius 1 is 1.16 bits per heavy atom. The molecule has 0 fully saturated rings. The zero-order valence-electron chi connectivity index (χ0n) is 10.9. The average molecular weight is 254 g/mol. The van der Waals surface area contributed by atoms with E-state index in [0.717, 1.165) is 31.8 Å². The van der Waals surface area contributed by atoms with Crippen LogP contribution in [0.3, 0.4) is 0 Å². The lowest BCUT2D eigenvalue weighted by atomic mass is 9.97. The Bertz CT molecular complexity index is 527. The minimum Gasteiger partial charge on any atom is -0.372 e. The number of nitrogens with one attached hydrogen (secondary N) is 1. The molecule has 1 N–H and O–H groups in total. The molecule has 3 heteroatoms. The van der Waals surface area contributed by atoms with Gasteiger partial charge in [0.2, 0.25) is 0 Å². The molecular weight excluding hydrogens is 236 g/mol. The standard InChI is InChI=1S/C16H18N2O/c1-2-7-15-13(5-1)8-10-19-16(15)12-17-11-14-6-3-4-9-18-14/h1-7,9,16-17H,8,10-12H2. The van der Waals surface area contributed by atoms with Crippen molar-refractivity contribution in [1.29, 1.82) is 0 Å². The molecule has 3 nitrogen and oxygen atoms in total. The molecule has 3 rings (SSSR count). The Morgan fingerprint density at radius 2 is 2.05 bits per heavy atom. The lowest BCUT2D eigenvalue weighted by Gasteiger charge is -2.26. The van der Waals surface area contributed by atoms with E-state index in [0.29, 0.717) is 0 Å². The first kappa shape index (κ1) is 12.3. The number of aromatic nitrogens is 1. The van der Waals surface area contributed by atoms with Gasteiger partial charge in [0.1, 0.15) is 0 Å². The van der Waals surface area contributed by atoms with Gasteiger partial charge in [0, 0.05) is 19.3 Å². The number of hydrogen-bond acceptors (Lipinski definition) is 3. The van der Waals surface area contributed by atoms with E-state index in [1.807, 2.05) is 24.4 Å². The molecule has 0 bridgehead atoms. The number of rotatable bonds is 4. The van der Waals surface area contributed by atoms with Crippen molar-refractivity contribution in [3.05, 3.63) is 65.5 Å². The van der Waals surface area contributed by atoms with Crippen molar-refractivity contribution in [3.63, 3.8) is 0 Å². The average Bonchev–Trinajstić information content (AvgIpc) is 2.49. The predicted molar refractivity (Wildman–Crippen MR) is 74.8 cm³/mol. The van der Waals surface area contributed by atoms with Gasteiger partial charge in [-0.1, -0.05) is 30.3 Å². The van der Waals surface area contributed by atoms with E-state index >= 15 is 0 Å². The van der Waals surface area contributed by atoms with Gasteiger partial charge in [-0.2, -0.15) is 0 Å². The van der Waals surface area contributed by atoms with Crippen LogP contribution in [0.2, 0.25) is 0 Å². The molecule has 1 aliphatic heterocycles. The third-order valence-electron chi connectivity index (χ3n) is 3.45. The van der Waals surface area contributed by atoms with Crippen molar-refractivity contribution in [2.45, 2.75) is 19.1 Å². The highest BCUT2D eigenvalue weighted by atomic mass is 16.5. The fourth-order valence-electron chi connectivity index (χ4n) is 2.48. The molecule has 1 unspecified atom stereocenters. The number of pyridine rings is 1. The molecule has 98 valence electrons. The van der Waals surface area contributed by atoms with E-state index in [1.54, 1.807) is 0 Å². The number of hydrogen-bond donors (Lipinski definition) is 1. The van der Waals surface area contributed by atoms with Gasteiger partial charge < -0.3 is 10.1 Å². The summed E-state index contributed by atoms with van der Waals surface area (Å²) in [6.07, 6.45) is 3.00. The van der Waals surface area contributed by atoms with Gasteiger partial charge >= 0.3 is 0 Å². The van der Waals surface area contributed by atoms with Crippen LogP contribution in [0.4, 0.5) is 0 Å². The van der Waals surface area contributed by atoms with Crippen molar-refractivity contribution in [2.75, 3.05) is 13.2 Å². The number of nitrogens with zero attached hydrogens (tertiary/aromatic N) is 1. The molecule has 0 saturated heterocycles. The monoisotopic (exact) mass is 254 g/mol. The van der Waals surface area contributed by atoms with Gasteiger partial charge in [-0.3, -0.25) is 4.98 Å². The first-order chi connectivity index (χ1) is 9.43. The predicted octanol–water partition coefficient (Wildman–Crippen LogP) is 2.49. The second kappa shape index (κ2) is 5.95. The van der Waals surface area contributed by atoms with E-state index in [4.69, 9.17) is 4.74 Å². The van der Waals surface area contributed by atoms with Crippen molar-refractivity contribution < 1.29 is 4.74 Å². The molecule has 0 saturated carbocycles. The van der Waals surface area contributed by atoms with Gasteiger partial charge in [0.25, 0.3) is 0 Å². The van der Waals surface area contributed by atoms with Crippen LogP contribution in [0.15, 0.2) is 48.7 Å². The summed E-state index contributed by atoms with van der Waals surface area (Å²) in [5.41, 5.74) is 3.80. The molecule has 1 aromatic heterocycles. The normalized spacial score (nSPS) is 18.0. The molecule has 1 aromatic carbocycles. The van der Waals surface area contributed by atoms with Crippen molar-refractivity contribution in [2.24, 2.45) is 0 Å². The van der Waals surface area contributed by atoms with Crippen LogP contribution in [0.5, 0.6) is 0 Å². The summed E-state index contributed by atoms with van der Waals surface area (Å²) >= 11 is 0. The summed E-state index contributed by atoms with van der Waals surface area (Å²) in [6.45, 7) is 2.42. The molecular formula is C16H18N2O. The van der Waals surface area contributed by atoms with Crippen LogP contribution in [0.1, 0.15) is 22.9 Å². The summed E-state index contributed by atoms with van der Waals surface area (Å²) in [6, 6.07) is 14.5. The molecule has 1 aliphatic rings. The van der Waals surface area contributed by atoms with Gasteiger partial charge in [0.15, 0.2) is 0 Å². The summed E-state index contributed by atoms with van der Waals surface area (Å²) < 4.78 is 5.86. The van der Waals surface area contributed by atoms with E-state index < -0.39 is 0 Å². The first-order valence-corrected chi connectivity index (χ1v) is 6.73. The maximum absolute atomic E-state index is 5.86. The third-order valence-corrected chi connectivity index (χ3v) is 3.45. The quantitative estimate of drug-likeness (QED) is 0.910. The van der Waals surface area contributed by atoms with Crippen LogP contribution in [0, 0.1) is 0 Å².